The van der Waals surface area contributed by atoms with E-state index in [4.69, 9.17) is 0 Å². The Hall–Kier alpha value is -1.68. The molecule has 0 N–H and O–H groups in total. The van der Waals surface area contributed by atoms with Crippen LogP contribution in [0.3, 0.4) is 0 Å². The highest BCUT2D eigenvalue weighted by Gasteiger charge is 2.39. The standard InChI is InChI=1S/C14H19N2O2/c1-10(9-16(2,3)4)15-13(17)11-7-5-6-8-12(11)14(15)18/h5-8,10H,9H2,1-4H3/q+1. The van der Waals surface area contributed by atoms with Crippen molar-refractivity contribution in [2.45, 2.75) is 13.0 Å². The maximum absolute atomic E-state index is 12.2. The molecular formula is C14H19N2O2+. The number of fused-ring (bicyclic) bond motifs is 1. The molecule has 0 bridgehead atoms. The van der Waals surface area contributed by atoms with Gasteiger partial charge in [0.1, 0.15) is 0 Å². The number of amides is 2. The Morgan fingerprint density at radius 3 is 1.89 bits per heavy atom. The molecule has 0 saturated heterocycles. The summed E-state index contributed by atoms with van der Waals surface area (Å²) >= 11 is 0. The van der Waals surface area contributed by atoms with E-state index in [0.29, 0.717) is 15.6 Å². The van der Waals surface area contributed by atoms with Gasteiger partial charge in [-0.05, 0) is 19.1 Å². The maximum atomic E-state index is 12.2. The maximum Gasteiger partial charge on any atom is 0.262 e. The molecule has 4 heteroatoms. The summed E-state index contributed by atoms with van der Waals surface area (Å²) in [6, 6.07) is 6.91. The van der Waals surface area contributed by atoms with Gasteiger partial charge in [0.05, 0.1) is 44.9 Å². The van der Waals surface area contributed by atoms with Crippen LogP contribution in [0.2, 0.25) is 0 Å². The summed E-state index contributed by atoms with van der Waals surface area (Å²) < 4.78 is 0.717. The molecule has 1 unspecified atom stereocenters. The van der Waals surface area contributed by atoms with Gasteiger partial charge in [-0.25, -0.2) is 0 Å². The second kappa shape index (κ2) is 4.21. The van der Waals surface area contributed by atoms with Crippen molar-refractivity contribution in [2.24, 2.45) is 0 Å². The molecule has 4 nitrogen and oxygen atoms in total. The second-order valence-electron chi connectivity index (χ2n) is 5.85. The van der Waals surface area contributed by atoms with E-state index in [1.54, 1.807) is 24.3 Å². The first-order chi connectivity index (χ1) is 8.31. The Kier molecular flexibility index (Phi) is 2.99. The molecule has 0 fully saturated rings. The van der Waals surface area contributed by atoms with Crippen molar-refractivity contribution in [2.75, 3.05) is 27.7 Å². The monoisotopic (exact) mass is 247 g/mol. The third kappa shape index (κ3) is 2.16. The van der Waals surface area contributed by atoms with Crippen molar-refractivity contribution < 1.29 is 14.1 Å². The molecule has 1 atom stereocenters. The average molecular weight is 247 g/mol. The van der Waals surface area contributed by atoms with Crippen molar-refractivity contribution >= 4 is 11.8 Å². The largest absolute Gasteiger partial charge is 0.329 e. The van der Waals surface area contributed by atoms with E-state index in [1.807, 2.05) is 6.92 Å². The molecule has 0 aromatic heterocycles. The topological polar surface area (TPSA) is 37.4 Å². The summed E-state index contributed by atoms with van der Waals surface area (Å²) in [6.07, 6.45) is 0. The van der Waals surface area contributed by atoms with Crippen molar-refractivity contribution in [3.8, 4) is 0 Å². The molecule has 0 aliphatic carbocycles. The number of hydrogen-bond donors (Lipinski definition) is 0. The van der Waals surface area contributed by atoms with Crippen LogP contribution < -0.4 is 0 Å². The zero-order valence-corrected chi connectivity index (χ0v) is 11.3. The molecule has 1 aliphatic heterocycles. The second-order valence-corrected chi connectivity index (χ2v) is 5.85. The molecule has 2 amide bonds. The number of nitrogens with zero attached hydrogens (tertiary/aromatic N) is 2. The molecule has 96 valence electrons. The molecule has 1 aromatic carbocycles. The third-order valence-electron chi connectivity index (χ3n) is 3.08. The van der Waals surface area contributed by atoms with E-state index >= 15 is 0 Å². The van der Waals surface area contributed by atoms with E-state index in [9.17, 15) is 9.59 Å². The number of carbonyl (C=O) groups is 2. The zero-order chi connectivity index (χ0) is 13.5. The fraction of sp³-hybridized carbons (Fsp3) is 0.429. The van der Waals surface area contributed by atoms with Crippen LogP contribution in [0.15, 0.2) is 24.3 Å². The van der Waals surface area contributed by atoms with Gasteiger partial charge in [-0.15, -0.1) is 0 Å². The summed E-state index contributed by atoms with van der Waals surface area (Å²) in [5, 5.41) is 0. The fourth-order valence-electron chi connectivity index (χ4n) is 2.48. The zero-order valence-electron chi connectivity index (χ0n) is 11.3. The first-order valence-electron chi connectivity index (χ1n) is 6.08. The van der Waals surface area contributed by atoms with E-state index in [2.05, 4.69) is 21.1 Å². The summed E-state index contributed by atoms with van der Waals surface area (Å²) in [4.78, 5) is 25.8. The average Bonchev–Trinajstić information content (AvgIpc) is 2.50. The van der Waals surface area contributed by atoms with Gasteiger partial charge in [0.25, 0.3) is 11.8 Å². The number of likely N-dealkylation sites (N-methyl/N-ethyl adjacent to an activating group) is 1. The number of benzene rings is 1. The lowest BCUT2D eigenvalue weighted by atomic mass is 10.1. The van der Waals surface area contributed by atoms with Gasteiger partial charge >= 0.3 is 0 Å². The van der Waals surface area contributed by atoms with Gasteiger partial charge in [-0.1, -0.05) is 12.1 Å². The Bertz CT molecular complexity index is 468. The lowest BCUT2D eigenvalue weighted by Crippen LogP contribution is -2.49. The third-order valence-corrected chi connectivity index (χ3v) is 3.08. The Morgan fingerprint density at radius 1 is 1.06 bits per heavy atom. The van der Waals surface area contributed by atoms with Gasteiger partial charge in [-0.2, -0.15) is 0 Å². The van der Waals surface area contributed by atoms with Crippen LogP contribution in [0.4, 0.5) is 0 Å². The van der Waals surface area contributed by atoms with E-state index in [1.165, 1.54) is 4.90 Å². The first-order valence-corrected chi connectivity index (χ1v) is 6.08. The molecule has 2 rings (SSSR count). The highest BCUT2D eigenvalue weighted by Crippen LogP contribution is 2.24. The minimum atomic E-state index is -0.170. The summed E-state index contributed by atoms with van der Waals surface area (Å²) in [5.74, 6) is -0.340. The highest BCUT2D eigenvalue weighted by atomic mass is 16.2. The lowest BCUT2D eigenvalue weighted by Gasteiger charge is -2.31. The molecule has 0 spiro atoms. The van der Waals surface area contributed by atoms with Crippen molar-refractivity contribution in [3.63, 3.8) is 0 Å². The molecule has 18 heavy (non-hydrogen) atoms. The number of imide groups is 1. The van der Waals surface area contributed by atoms with Crippen LogP contribution in [-0.2, 0) is 0 Å². The lowest BCUT2D eigenvalue weighted by molar-refractivity contribution is -0.871. The minimum absolute atomic E-state index is 0.0996. The molecule has 0 saturated carbocycles. The number of hydrogen-bond acceptors (Lipinski definition) is 2. The Morgan fingerprint density at radius 2 is 1.50 bits per heavy atom. The summed E-state index contributed by atoms with van der Waals surface area (Å²) in [5.41, 5.74) is 1.05. The van der Waals surface area contributed by atoms with Crippen molar-refractivity contribution in [3.05, 3.63) is 35.4 Å². The number of quaternary nitrogens is 1. The van der Waals surface area contributed by atoms with Crippen molar-refractivity contribution in [1.29, 1.82) is 0 Å². The van der Waals surface area contributed by atoms with E-state index < -0.39 is 0 Å². The van der Waals surface area contributed by atoms with Gasteiger partial charge in [-0.3, -0.25) is 14.5 Å². The number of carbonyl (C=O) groups excluding carboxylic acids is 2. The normalized spacial score (nSPS) is 17.0. The van der Waals surface area contributed by atoms with Crippen LogP contribution in [0.25, 0.3) is 0 Å². The summed E-state index contributed by atoms with van der Waals surface area (Å²) in [7, 11) is 6.15. The molecule has 1 aliphatic rings. The van der Waals surface area contributed by atoms with Crippen LogP contribution >= 0.6 is 0 Å². The van der Waals surface area contributed by atoms with Crippen LogP contribution in [-0.4, -0.2) is 54.9 Å². The van der Waals surface area contributed by atoms with Crippen LogP contribution in [0.1, 0.15) is 27.6 Å². The van der Waals surface area contributed by atoms with Gasteiger partial charge in [0.15, 0.2) is 0 Å². The highest BCUT2D eigenvalue weighted by molar-refractivity contribution is 6.21. The molecule has 1 heterocycles. The van der Waals surface area contributed by atoms with Crippen LogP contribution in [0.5, 0.6) is 0 Å². The number of rotatable bonds is 3. The van der Waals surface area contributed by atoms with E-state index in [0.717, 1.165) is 6.54 Å². The fourth-order valence-corrected chi connectivity index (χ4v) is 2.48. The molecule has 0 radical (unpaired) electrons. The van der Waals surface area contributed by atoms with Crippen LogP contribution in [0, 0.1) is 0 Å². The van der Waals surface area contributed by atoms with Gasteiger partial charge in [0.2, 0.25) is 0 Å². The van der Waals surface area contributed by atoms with Crippen molar-refractivity contribution in [1.82, 2.24) is 4.90 Å². The quantitative estimate of drug-likeness (QED) is 0.597. The molecule has 1 aromatic rings. The van der Waals surface area contributed by atoms with Gasteiger partial charge in [0, 0.05) is 0 Å². The molecular weight excluding hydrogens is 228 g/mol. The predicted octanol–water partition coefficient (Wildman–Crippen LogP) is 1.38. The van der Waals surface area contributed by atoms with Gasteiger partial charge < -0.3 is 4.48 Å². The minimum Gasteiger partial charge on any atom is -0.329 e. The van der Waals surface area contributed by atoms with E-state index in [-0.39, 0.29) is 17.9 Å². The SMILES string of the molecule is CC(C[N+](C)(C)C)N1C(=O)c2ccccc2C1=O. The Labute approximate surface area is 107 Å². The summed E-state index contributed by atoms with van der Waals surface area (Å²) in [6.45, 7) is 2.66. The first kappa shape index (κ1) is 12.8. The Balaban J connectivity index is 2.29. The smallest absolute Gasteiger partial charge is 0.262 e. The predicted molar refractivity (Wildman–Crippen MR) is 69.3 cm³/mol.